The molecule has 1 aliphatic heterocycles. The summed E-state index contributed by atoms with van der Waals surface area (Å²) in [5.41, 5.74) is 3.75. The van der Waals surface area contributed by atoms with Crippen molar-refractivity contribution in [3.05, 3.63) is 59.0 Å². The second-order valence-electron chi connectivity index (χ2n) is 5.33. The Hall–Kier alpha value is -2.65. The fourth-order valence-corrected chi connectivity index (χ4v) is 3.25. The van der Waals surface area contributed by atoms with Crippen molar-refractivity contribution < 1.29 is 4.39 Å². The van der Waals surface area contributed by atoms with E-state index >= 15 is 0 Å². The SMILES string of the molecule is C=C1c2c(C)nc(SC)c(C#N)c2N=CN1Cc1ccccc1F. The zero-order valence-electron chi connectivity index (χ0n) is 13.4. The van der Waals surface area contributed by atoms with Crippen LogP contribution < -0.4 is 0 Å². The van der Waals surface area contributed by atoms with Gasteiger partial charge in [-0.05, 0) is 19.2 Å². The van der Waals surface area contributed by atoms with Crippen molar-refractivity contribution in [1.82, 2.24) is 9.88 Å². The highest BCUT2D eigenvalue weighted by Gasteiger charge is 2.25. The van der Waals surface area contributed by atoms with Crippen molar-refractivity contribution in [2.24, 2.45) is 4.99 Å². The molecule has 4 nitrogen and oxygen atoms in total. The Morgan fingerprint density at radius 2 is 2.12 bits per heavy atom. The lowest BCUT2D eigenvalue weighted by Crippen LogP contribution is -2.23. The molecule has 1 aliphatic rings. The monoisotopic (exact) mass is 338 g/mol. The van der Waals surface area contributed by atoms with Gasteiger partial charge < -0.3 is 4.90 Å². The standard InChI is InChI=1S/C18H15FN4S/c1-11-16-12(2)23(9-13-6-4-5-7-15(13)19)10-21-17(16)14(8-20)18(22-11)24-3/h4-7,10H,2,9H2,1,3H3. The van der Waals surface area contributed by atoms with E-state index in [1.807, 2.05) is 13.2 Å². The molecule has 0 aliphatic carbocycles. The quantitative estimate of drug-likeness (QED) is 0.784. The number of fused-ring (bicyclic) bond motifs is 1. The van der Waals surface area contributed by atoms with Crippen LogP contribution in [0.5, 0.6) is 0 Å². The first kappa shape index (κ1) is 16.2. The minimum Gasteiger partial charge on any atom is -0.328 e. The Labute approximate surface area is 144 Å². The first-order valence-corrected chi connectivity index (χ1v) is 8.51. The lowest BCUT2D eigenvalue weighted by atomic mass is 10.0. The number of halogens is 1. The number of hydrogen-bond acceptors (Lipinski definition) is 5. The van der Waals surface area contributed by atoms with E-state index in [1.54, 1.807) is 29.4 Å². The second-order valence-corrected chi connectivity index (χ2v) is 6.12. The average molecular weight is 338 g/mol. The van der Waals surface area contributed by atoms with Gasteiger partial charge in [-0.2, -0.15) is 5.26 Å². The van der Waals surface area contributed by atoms with Crippen molar-refractivity contribution in [2.45, 2.75) is 18.5 Å². The molecule has 2 heterocycles. The predicted molar refractivity (Wildman–Crippen MR) is 94.6 cm³/mol. The van der Waals surface area contributed by atoms with Crippen molar-refractivity contribution in [2.75, 3.05) is 6.26 Å². The minimum atomic E-state index is -0.269. The highest BCUT2D eigenvalue weighted by molar-refractivity contribution is 7.98. The maximum atomic E-state index is 13.9. The molecule has 0 atom stereocenters. The molecule has 0 fully saturated rings. The molecule has 0 unspecified atom stereocenters. The van der Waals surface area contributed by atoms with Crippen LogP contribution in [0.4, 0.5) is 10.1 Å². The summed E-state index contributed by atoms with van der Waals surface area (Å²) in [5.74, 6) is -0.269. The number of rotatable bonds is 3. The van der Waals surface area contributed by atoms with E-state index in [-0.39, 0.29) is 5.82 Å². The van der Waals surface area contributed by atoms with Gasteiger partial charge in [-0.25, -0.2) is 14.4 Å². The van der Waals surface area contributed by atoms with E-state index < -0.39 is 0 Å². The molecule has 0 saturated carbocycles. The number of aryl methyl sites for hydroxylation is 1. The van der Waals surface area contributed by atoms with Crippen LogP contribution in [0, 0.1) is 24.1 Å². The number of nitriles is 1. The number of aliphatic imine (C=N–C) groups is 1. The number of aromatic nitrogens is 1. The third-order valence-corrected chi connectivity index (χ3v) is 4.57. The Balaban J connectivity index is 2.04. The van der Waals surface area contributed by atoms with Crippen LogP contribution in [-0.2, 0) is 6.54 Å². The molecule has 120 valence electrons. The first-order chi connectivity index (χ1) is 11.6. The van der Waals surface area contributed by atoms with Crippen LogP contribution in [0.1, 0.15) is 22.4 Å². The summed E-state index contributed by atoms with van der Waals surface area (Å²) in [6.07, 6.45) is 3.47. The van der Waals surface area contributed by atoms with Crippen molar-refractivity contribution in [3.63, 3.8) is 0 Å². The molecule has 24 heavy (non-hydrogen) atoms. The molecular formula is C18H15FN4S. The van der Waals surface area contributed by atoms with Crippen LogP contribution in [0.3, 0.4) is 0 Å². The summed E-state index contributed by atoms with van der Waals surface area (Å²) in [4.78, 5) is 10.7. The Morgan fingerprint density at radius 3 is 2.79 bits per heavy atom. The molecule has 2 aromatic rings. The van der Waals surface area contributed by atoms with Gasteiger partial charge in [0.1, 0.15) is 22.5 Å². The number of hydrogen-bond donors (Lipinski definition) is 0. The summed E-state index contributed by atoms with van der Waals surface area (Å²) >= 11 is 1.41. The van der Waals surface area contributed by atoms with Crippen LogP contribution in [0.15, 0.2) is 40.9 Å². The van der Waals surface area contributed by atoms with Gasteiger partial charge in [0.2, 0.25) is 0 Å². The molecule has 0 bridgehead atoms. The number of thioether (sulfide) groups is 1. The van der Waals surface area contributed by atoms with Gasteiger partial charge in [0.05, 0.1) is 24.3 Å². The topological polar surface area (TPSA) is 52.3 Å². The number of benzene rings is 1. The molecule has 0 spiro atoms. The van der Waals surface area contributed by atoms with E-state index in [4.69, 9.17) is 0 Å². The third-order valence-electron chi connectivity index (χ3n) is 3.88. The molecule has 0 radical (unpaired) electrons. The van der Waals surface area contributed by atoms with Crippen molar-refractivity contribution in [3.8, 4) is 6.07 Å². The van der Waals surface area contributed by atoms with Crippen LogP contribution >= 0.6 is 11.8 Å². The highest BCUT2D eigenvalue weighted by atomic mass is 32.2. The van der Waals surface area contributed by atoms with Gasteiger partial charge in [0.15, 0.2) is 0 Å². The summed E-state index contributed by atoms with van der Waals surface area (Å²) < 4.78 is 13.9. The molecule has 1 aromatic carbocycles. The highest BCUT2D eigenvalue weighted by Crippen LogP contribution is 2.39. The molecule has 6 heteroatoms. The lowest BCUT2D eigenvalue weighted by Gasteiger charge is -2.28. The molecular weight excluding hydrogens is 323 g/mol. The molecule has 3 rings (SSSR count). The Morgan fingerprint density at radius 1 is 1.38 bits per heavy atom. The Bertz CT molecular complexity index is 899. The molecule has 0 amide bonds. The zero-order chi connectivity index (χ0) is 17.3. The maximum Gasteiger partial charge on any atom is 0.128 e. The third kappa shape index (κ3) is 2.68. The van der Waals surface area contributed by atoms with Crippen LogP contribution in [0.2, 0.25) is 0 Å². The van der Waals surface area contributed by atoms with E-state index in [0.717, 1.165) is 11.3 Å². The Kier molecular flexibility index (Phi) is 4.36. The number of nitrogens with zero attached hydrogens (tertiary/aromatic N) is 4. The molecule has 0 saturated heterocycles. The average Bonchev–Trinajstić information content (AvgIpc) is 2.58. The first-order valence-electron chi connectivity index (χ1n) is 7.29. The zero-order valence-corrected chi connectivity index (χ0v) is 14.2. The predicted octanol–water partition coefficient (Wildman–Crippen LogP) is 4.27. The lowest BCUT2D eigenvalue weighted by molar-refractivity contribution is 0.542. The summed E-state index contributed by atoms with van der Waals surface area (Å²) in [7, 11) is 0. The fraction of sp³-hybridized carbons (Fsp3) is 0.167. The van der Waals surface area contributed by atoms with Crippen LogP contribution in [0.25, 0.3) is 5.70 Å². The van der Waals surface area contributed by atoms with E-state index in [1.165, 1.54) is 17.8 Å². The van der Waals surface area contributed by atoms with Gasteiger partial charge in [-0.1, -0.05) is 24.8 Å². The summed E-state index contributed by atoms with van der Waals surface area (Å²) in [6, 6.07) is 8.79. The van der Waals surface area contributed by atoms with Crippen LogP contribution in [-0.4, -0.2) is 22.5 Å². The fourth-order valence-electron chi connectivity index (χ4n) is 2.67. The summed E-state index contributed by atoms with van der Waals surface area (Å²) in [6.45, 7) is 6.30. The van der Waals surface area contributed by atoms with E-state index in [0.29, 0.717) is 34.1 Å². The van der Waals surface area contributed by atoms with Gasteiger partial charge in [0, 0.05) is 16.8 Å². The van der Waals surface area contributed by atoms with Crippen molar-refractivity contribution >= 4 is 29.5 Å². The second kappa shape index (κ2) is 6.46. The van der Waals surface area contributed by atoms with E-state index in [2.05, 4.69) is 22.6 Å². The van der Waals surface area contributed by atoms with Gasteiger partial charge >= 0.3 is 0 Å². The van der Waals surface area contributed by atoms with Gasteiger partial charge in [0.25, 0.3) is 0 Å². The van der Waals surface area contributed by atoms with Gasteiger partial charge in [-0.15, -0.1) is 11.8 Å². The number of pyridine rings is 1. The largest absolute Gasteiger partial charge is 0.328 e. The smallest absolute Gasteiger partial charge is 0.128 e. The minimum absolute atomic E-state index is 0.269. The normalized spacial score (nSPS) is 12.9. The summed E-state index contributed by atoms with van der Waals surface area (Å²) in [5, 5.41) is 10.1. The molecule has 0 N–H and O–H groups in total. The maximum absolute atomic E-state index is 13.9. The van der Waals surface area contributed by atoms with Crippen molar-refractivity contribution in [1.29, 1.82) is 5.26 Å². The van der Waals surface area contributed by atoms with Gasteiger partial charge in [-0.3, -0.25) is 0 Å². The van der Waals surface area contributed by atoms with E-state index in [9.17, 15) is 9.65 Å². The molecule has 1 aromatic heterocycles.